The molecule has 1 aliphatic rings. The van der Waals surface area contributed by atoms with Crippen LogP contribution >= 0.6 is 0 Å². The predicted molar refractivity (Wildman–Crippen MR) is 50.1 cm³/mol. The fraction of sp³-hybridized carbons (Fsp3) is 0.625. The Morgan fingerprint density at radius 1 is 1.73 bits per heavy atom. The number of aromatic amines is 1. The summed E-state index contributed by atoms with van der Waals surface area (Å²) in [6.07, 6.45) is 0. The molecule has 1 aromatic rings. The van der Waals surface area contributed by atoms with Gasteiger partial charge in [0.2, 0.25) is 0 Å². The standard InChI is InChI=1S/C8H12N4O3/c1-2-15-7(13)5-4-12-6(3-9-5)10-11-8(12)14/h5,9H,2-4H2,1H3,(H,11,14). The molecule has 2 rings (SSSR count). The summed E-state index contributed by atoms with van der Waals surface area (Å²) in [4.78, 5) is 22.7. The largest absolute Gasteiger partial charge is 0.465 e. The molecule has 0 fully saturated rings. The molecule has 7 heteroatoms. The number of hydrogen-bond acceptors (Lipinski definition) is 5. The molecule has 15 heavy (non-hydrogen) atoms. The first-order valence-electron chi connectivity index (χ1n) is 4.76. The third-order valence-electron chi connectivity index (χ3n) is 2.28. The Kier molecular flexibility index (Phi) is 2.55. The number of ether oxygens (including phenoxy) is 1. The van der Waals surface area contributed by atoms with Crippen LogP contribution in [0.1, 0.15) is 12.7 Å². The molecular weight excluding hydrogens is 200 g/mol. The van der Waals surface area contributed by atoms with Crippen molar-refractivity contribution in [2.45, 2.75) is 26.1 Å². The molecular formula is C8H12N4O3. The van der Waals surface area contributed by atoms with Gasteiger partial charge in [-0.2, -0.15) is 5.10 Å². The molecule has 1 aromatic heterocycles. The Labute approximate surface area is 85.4 Å². The molecule has 0 aromatic carbocycles. The Morgan fingerprint density at radius 3 is 3.27 bits per heavy atom. The number of nitrogens with one attached hydrogen (secondary N) is 2. The number of carbonyl (C=O) groups excluding carboxylic acids is 1. The molecule has 1 aliphatic heterocycles. The van der Waals surface area contributed by atoms with Gasteiger partial charge in [0.1, 0.15) is 11.9 Å². The first-order valence-corrected chi connectivity index (χ1v) is 4.76. The van der Waals surface area contributed by atoms with Crippen molar-refractivity contribution in [3.63, 3.8) is 0 Å². The zero-order valence-electron chi connectivity index (χ0n) is 8.32. The average molecular weight is 212 g/mol. The van der Waals surface area contributed by atoms with Crippen LogP contribution in [0.15, 0.2) is 4.79 Å². The number of carbonyl (C=O) groups is 1. The average Bonchev–Trinajstić information content (AvgIpc) is 2.60. The van der Waals surface area contributed by atoms with Crippen LogP contribution in [0, 0.1) is 0 Å². The van der Waals surface area contributed by atoms with E-state index in [2.05, 4.69) is 15.5 Å². The van der Waals surface area contributed by atoms with Crippen molar-refractivity contribution >= 4 is 5.97 Å². The van der Waals surface area contributed by atoms with E-state index in [1.165, 1.54) is 4.57 Å². The van der Waals surface area contributed by atoms with Crippen LogP contribution in [0.4, 0.5) is 0 Å². The normalized spacial score (nSPS) is 19.7. The van der Waals surface area contributed by atoms with Gasteiger partial charge in [-0.1, -0.05) is 0 Å². The minimum absolute atomic E-state index is 0.267. The van der Waals surface area contributed by atoms with Crippen LogP contribution in [0.25, 0.3) is 0 Å². The number of esters is 1. The number of fused-ring (bicyclic) bond motifs is 1. The van der Waals surface area contributed by atoms with Gasteiger partial charge in [-0.05, 0) is 6.92 Å². The fourth-order valence-corrected chi connectivity index (χ4v) is 1.54. The van der Waals surface area contributed by atoms with Gasteiger partial charge in [0.25, 0.3) is 0 Å². The van der Waals surface area contributed by atoms with Gasteiger partial charge in [-0.3, -0.25) is 14.7 Å². The topological polar surface area (TPSA) is 89.0 Å². The minimum atomic E-state index is -0.465. The van der Waals surface area contributed by atoms with Crippen molar-refractivity contribution in [2.24, 2.45) is 0 Å². The molecule has 1 unspecified atom stereocenters. The van der Waals surface area contributed by atoms with Gasteiger partial charge in [-0.25, -0.2) is 9.89 Å². The lowest BCUT2D eigenvalue weighted by Crippen LogP contribution is -2.47. The molecule has 82 valence electrons. The number of H-pyrrole nitrogens is 1. The molecule has 0 saturated heterocycles. The van der Waals surface area contributed by atoms with E-state index >= 15 is 0 Å². The molecule has 0 amide bonds. The van der Waals surface area contributed by atoms with Crippen molar-refractivity contribution in [3.05, 3.63) is 16.3 Å². The smallest absolute Gasteiger partial charge is 0.343 e. The highest BCUT2D eigenvalue weighted by atomic mass is 16.5. The summed E-state index contributed by atoms with van der Waals surface area (Å²) in [5, 5.41) is 9.10. The predicted octanol–water partition coefficient (Wildman–Crippen LogP) is -1.39. The van der Waals surface area contributed by atoms with E-state index in [9.17, 15) is 9.59 Å². The fourth-order valence-electron chi connectivity index (χ4n) is 1.54. The molecule has 0 radical (unpaired) electrons. The van der Waals surface area contributed by atoms with Crippen molar-refractivity contribution in [1.82, 2.24) is 20.1 Å². The lowest BCUT2D eigenvalue weighted by Gasteiger charge is -2.22. The summed E-state index contributed by atoms with van der Waals surface area (Å²) < 4.78 is 6.31. The summed E-state index contributed by atoms with van der Waals surface area (Å²) >= 11 is 0. The second-order valence-electron chi connectivity index (χ2n) is 3.24. The minimum Gasteiger partial charge on any atom is -0.465 e. The van der Waals surface area contributed by atoms with Gasteiger partial charge in [0.15, 0.2) is 0 Å². The summed E-state index contributed by atoms with van der Waals surface area (Å²) in [5.41, 5.74) is -0.291. The summed E-state index contributed by atoms with van der Waals surface area (Å²) in [6, 6.07) is -0.465. The van der Waals surface area contributed by atoms with E-state index in [0.717, 1.165) is 0 Å². The van der Waals surface area contributed by atoms with Crippen LogP contribution in [-0.2, 0) is 22.6 Å². The maximum atomic E-state index is 11.4. The van der Waals surface area contributed by atoms with Crippen LogP contribution in [0.5, 0.6) is 0 Å². The monoisotopic (exact) mass is 212 g/mol. The quantitative estimate of drug-likeness (QED) is 0.589. The summed E-state index contributed by atoms with van der Waals surface area (Å²) in [5.74, 6) is 0.275. The van der Waals surface area contributed by atoms with E-state index in [-0.39, 0.29) is 18.2 Å². The SMILES string of the molecule is CCOC(=O)C1Cn2c(n[nH]c2=O)CN1. The van der Waals surface area contributed by atoms with E-state index in [1.54, 1.807) is 6.92 Å². The van der Waals surface area contributed by atoms with Gasteiger partial charge < -0.3 is 4.74 Å². The van der Waals surface area contributed by atoms with E-state index in [1.807, 2.05) is 0 Å². The van der Waals surface area contributed by atoms with Gasteiger partial charge in [-0.15, -0.1) is 0 Å². The number of rotatable bonds is 2. The highest BCUT2D eigenvalue weighted by Gasteiger charge is 2.26. The van der Waals surface area contributed by atoms with Gasteiger partial charge >= 0.3 is 11.7 Å². The molecule has 1 atom stereocenters. The number of hydrogen-bond donors (Lipinski definition) is 2. The second-order valence-corrected chi connectivity index (χ2v) is 3.24. The number of aromatic nitrogens is 3. The first-order chi connectivity index (χ1) is 7.22. The number of nitrogens with zero attached hydrogens (tertiary/aromatic N) is 2. The Bertz CT molecular complexity index is 422. The maximum Gasteiger partial charge on any atom is 0.343 e. The van der Waals surface area contributed by atoms with Crippen LogP contribution < -0.4 is 11.0 Å². The molecule has 2 heterocycles. The van der Waals surface area contributed by atoms with Crippen LogP contribution in [-0.4, -0.2) is 33.4 Å². The highest BCUT2D eigenvalue weighted by Crippen LogP contribution is 2.03. The van der Waals surface area contributed by atoms with Crippen LogP contribution in [0.2, 0.25) is 0 Å². The summed E-state index contributed by atoms with van der Waals surface area (Å²) in [7, 11) is 0. The van der Waals surface area contributed by atoms with E-state index in [0.29, 0.717) is 19.0 Å². The third kappa shape index (κ3) is 1.78. The lowest BCUT2D eigenvalue weighted by molar-refractivity contribution is -0.146. The lowest BCUT2D eigenvalue weighted by atomic mass is 10.2. The molecule has 0 aliphatic carbocycles. The maximum absolute atomic E-state index is 11.4. The molecule has 0 saturated carbocycles. The van der Waals surface area contributed by atoms with Crippen molar-refractivity contribution in [2.75, 3.05) is 6.61 Å². The first kappa shape index (κ1) is 9.91. The van der Waals surface area contributed by atoms with E-state index in [4.69, 9.17) is 4.74 Å². The van der Waals surface area contributed by atoms with Crippen molar-refractivity contribution in [1.29, 1.82) is 0 Å². The van der Waals surface area contributed by atoms with Crippen molar-refractivity contribution < 1.29 is 9.53 Å². The van der Waals surface area contributed by atoms with E-state index < -0.39 is 6.04 Å². The Hall–Kier alpha value is -1.63. The molecule has 0 bridgehead atoms. The van der Waals surface area contributed by atoms with Gasteiger partial charge in [0, 0.05) is 0 Å². The zero-order chi connectivity index (χ0) is 10.8. The molecule has 7 nitrogen and oxygen atoms in total. The molecule has 2 N–H and O–H groups in total. The zero-order valence-corrected chi connectivity index (χ0v) is 8.32. The highest BCUT2D eigenvalue weighted by molar-refractivity contribution is 5.75. The Morgan fingerprint density at radius 2 is 2.53 bits per heavy atom. The van der Waals surface area contributed by atoms with Crippen LogP contribution in [0.3, 0.4) is 0 Å². The van der Waals surface area contributed by atoms with Crippen molar-refractivity contribution in [3.8, 4) is 0 Å². The third-order valence-corrected chi connectivity index (χ3v) is 2.28. The van der Waals surface area contributed by atoms with Gasteiger partial charge in [0.05, 0.1) is 19.7 Å². The summed E-state index contributed by atoms with van der Waals surface area (Å²) in [6.45, 7) is 2.74. The second kappa shape index (κ2) is 3.85. The Balaban J connectivity index is 2.14. The molecule has 0 spiro atoms.